The Bertz CT molecular complexity index is 1410. The molecule has 4 rings (SSSR count). The average Bonchev–Trinajstić information content (AvgIpc) is 3.16. The third kappa shape index (κ3) is 5.56. The smallest absolute Gasteiger partial charge is 0.300 e. The van der Waals surface area contributed by atoms with E-state index < -0.39 is 17.7 Å². The van der Waals surface area contributed by atoms with Gasteiger partial charge in [-0.15, -0.1) is 0 Å². The van der Waals surface area contributed by atoms with Crippen molar-refractivity contribution in [2.45, 2.75) is 53.0 Å². The number of ketones is 1. The molecule has 0 spiro atoms. The highest BCUT2D eigenvalue weighted by atomic mass is 16.5. The molecule has 39 heavy (non-hydrogen) atoms. The summed E-state index contributed by atoms with van der Waals surface area (Å²) in [6.45, 7) is 12.9. The van der Waals surface area contributed by atoms with Crippen molar-refractivity contribution in [3.63, 3.8) is 0 Å². The van der Waals surface area contributed by atoms with Crippen LogP contribution in [0.2, 0.25) is 0 Å². The summed E-state index contributed by atoms with van der Waals surface area (Å²) in [5, 5.41) is 11.7. The Balaban J connectivity index is 1.91. The van der Waals surface area contributed by atoms with Crippen molar-refractivity contribution in [1.82, 2.24) is 0 Å². The summed E-state index contributed by atoms with van der Waals surface area (Å²) < 4.78 is 11.4. The van der Waals surface area contributed by atoms with Gasteiger partial charge in [0.15, 0.2) is 0 Å². The maximum Gasteiger partial charge on any atom is 0.300 e. The number of hydrogen-bond acceptors (Lipinski definition) is 5. The Morgan fingerprint density at radius 2 is 1.67 bits per heavy atom. The molecule has 1 atom stereocenters. The molecule has 0 radical (unpaired) electrons. The molecule has 0 aromatic heterocycles. The van der Waals surface area contributed by atoms with E-state index in [0.29, 0.717) is 35.3 Å². The van der Waals surface area contributed by atoms with Gasteiger partial charge in [-0.25, -0.2) is 0 Å². The standard InChI is InChI=1S/C33H37NO5/c1-20(2)19-39-24-15-13-23(14-16-24)34-29(25-11-9-8-10-21(25)3)28(31(36)32(34)37)30(35)26-18-22(33(4,5)6)12-17-27(26)38-7/h8-18,20,29,35H,19H2,1-7H3/b30-28+. The number of carbonyl (C=O) groups is 2. The van der Waals surface area contributed by atoms with E-state index in [1.807, 2.05) is 43.3 Å². The molecule has 6 nitrogen and oxygen atoms in total. The second kappa shape index (κ2) is 11.0. The van der Waals surface area contributed by atoms with Crippen molar-refractivity contribution in [3.8, 4) is 11.5 Å². The molecule has 1 aliphatic rings. The first-order valence-corrected chi connectivity index (χ1v) is 13.2. The van der Waals surface area contributed by atoms with E-state index >= 15 is 0 Å². The fourth-order valence-electron chi connectivity index (χ4n) is 4.76. The van der Waals surface area contributed by atoms with Gasteiger partial charge in [-0.2, -0.15) is 0 Å². The minimum atomic E-state index is -0.823. The third-order valence-corrected chi connectivity index (χ3v) is 6.95. The van der Waals surface area contributed by atoms with Gasteiger partial charge in [0.2, 0.25) is 0 Å². The highest BCUT2D eigenvalue weighted by molar-refractivity contribution is 6.51. The fraction of sp³-hybridized carbons (Fsp3) is 0.333. The van der Waals surface area contributed by atoms with Crippen LogP contribution in [0, 0.1) is 12.8 Å². The van der Waals surface area contributed by atoms with Crippen molar-refractivity contribution < 1.29 is 24.2 Å². The highest BCUT2D eigenvalue weighted by Crippen LogP contribution is 2.44. The minimum absolute atomic E-state index is 0.0267. The van der Waals surface area contributed by atoms with Crippen LogP contribution in [0.5, 0.6) is 11.5 Å². The molecule has 0 aliphatic carbocycles. The first-order valence-electron chi connectivity index (χ1n) is 13.2. The van der Waals surface area contributed by atoms with Gasteiger partial charge in [0.25, 0.3) is 11.7 Å². The molecular weight excluding hydrogens is 490 g/mol. The van der Waals surface area contributed by atoms with Crippen molar-refractivity contribution >= 4 is 23.1 Å². The Morgan fingerprint density at radius 3 is 2.26 bits per heavy atom. The predicted molar refractivity (Wildman–Crippen MR) is 154 cm³/mol. The molecule has 6 heteroatoms. The zero-order valence-corrected chi connectivity index (χ0v) is 23.7. The third-order valence-electron chi connectivity index (χ3n) is 6.95. The van der Waals surface area contributed by atoms with Crippen LogP contribution >= 0.6 is 0 Å². The number of carbonyl (C=O) groups excluding carboxylic acids is 2. The van der Waals surface area contributed by atoms with E-state index in [1.165, 1.54) is 12.0 Å². The monoisotopic (exact) mass is 527 g/mol. The first-order chi connectivity index (χ1) is 18.4. The lowest BCUT2D eigenvalue weighted by Crippen LogP contribution is -2.29. The van der Waals surface area contributed by atoms with Gasteiger partial charge in [-0.1, -0.05) is 65.0 Å². The molecule has 1 heterocycles. The van der Waals surface area contributed by atoms with Gasteiger partial charge in [-0.05, 0) is 71.3 Å². The summed E-state index contributed by atoms with van der Waals surface area (Å²) in [7, 11) is 1.52. The van der Waals surface area contributed by atoms with Crippen molar-refractivity contribution in [1.29, 1.82) is 0 Å². The maximum absolute atomic E-state index is 13.7. The summed E-state index contributed by atoms with van der Waals surface area (Å²) in [5.41, 5.74) is 3.34. The second-order valence-electron chi connectivity index (χ2n) is 11.4. The van der Waals surface area contributed by atoms with Crippen LogP contribution < -0.4 is 14.4 Å². The molecule has 204 valence electrons. The van der Waals surface area contributed by atoms with E-state index in [0.717, 1.165) is 16.7 Å². The van der Waals surface area contributed by atoms with Gasteiger partial charge in [0.1, 0.15) is 17.3 Å². The number of benzene rings is 3. The molecule has 0 saturated carbocycles. The minimum Gasteiger partial charge on any atom is -0.507 e. The number of ether oxygens (including phenoxy) is 2. The zero-order chi connectivity index (χ0) is 28.5. The molecule has 3 aromatic rings. The molecule has 1 aliphatic heterocycles. The lowest BCUT2D eigenvalue weighted by Gasteiger charge is -2.27. The topological polar surface area (TPSA) is 76.1 Å². The Kier molecular flexibility index (Phi) is 7.86. The highest BCUT2D eigenvalue weighted by Gasteiger charge is 2.47. The maximum atomic E-state index is 13.7. The summed E-state index contributed by atoms with van der Waals surface area (Å²) in [5.74, 6) is -0.237. The predicted octanol–water partition coefficient (Wildman–Crippen LogP) is 6.96. The van der Waals surface area contributed by atoms with Crippen molar-refractivity contribution in [3.05, 3.63) is 94.6 Å². The van der Waals surface area contributed by atoms with Crippen LogP contribution in [0.4, 0.5) is 5.69 Å². The van der Waals surface area contributed by atoms with Gasteiger partial charge in [0.05, 0.1) is 30.9 Å². The van der Waals surface area contributed by atoms with E-state index in [1.54, 1.807) is 30.3 Å². The van der Waals surface area contributed by atoms with Gasteiger partial charge in [0, 0.05) is 5.69 Å². The SMILES string of the molecule is COc1ccc(C(C)(C)C)cc1/C(O)=C1\C(=O)C(=O)N(c2ccc(OCC(C)C)cc2)C1c1ccccc1C. The fourth-order valence-corrected chi connectivity index (χ4v) is 4.76. The van der Waals surface area contributed by atoms with Crippen molar-refractivity contribution in [2.24, 2.45) is 5.92 Å². The summed E-state index contributed by atoms with van der Waals surface area (Å²) in [6, 6.07) is 19.4. The van der Waals surface area contributed by atoms with Gasteiger partial charge >= 0.3 is 0 Å². The van der Waals surface area contributed by atoms with Crippen LogP contribution in [0.1, 0.15) is 62.9 Å². The Morgan fingerprint density at radius 1 is 1.00 bits per heavy atom. The summed E-state index contributed by atoms with van der Waals surface area (Å²) in [6.07, 6.45) is 0. The number of hydrogen-bond donors (Lipinski definition) is 1. The Labute approximate surface area is 230 Å². The number of methoxy groups -OCH3 is 1. The summed E-state index contributed by atoms with van der Waals surface area (Å²) >= 11 is 0. The molecule has 1 unspecified atom stereocenters. The Hall–Kier alpha value is -4.06. The lowest BCUT2D eigenvalue weighted by molar-refractivity contribution is -0.132. The van der Waals surface area contributed by atoms with Crippen LogP contribution in [-0.2, 0) is 15.0 Å². The molecule has 1 fully saturated rings. The largest absolute Gasteiger partial charge is 0.507 e. The number of anilines is 1. The van der Waals surface area contributed by atoms with Crippen LogP contribution in [0.15, 0.2) is 72.3 Å². The lowest BCUT2D eigenvalue weighted by atomic mass is 9.85. The number of Topliss-reactive ketones (excluding diaryl/α,β-unsaturated/α-hetero) is 1. The van der Waals surface area contributed by atoms with Gasteiger partial charge < -0.3 is 14.6 Å². The van der Waals surface area contributed by atoms with Crippen LogP contribution in [0.25, 0.3) is 5.76 Å². The number of amides is 1. The molecular formula is C33H37NO5. The van der Waals surface area contributed by atoms with E-state index in [2.05, 4.69) is 34.6 Å². The number of rotatable bonds is 7. The summed E-state index contributed by atoms with van der Waals surface area (Å²) in [4.78, 5) is 28.7. The van der Waals surface area contributed by atoms with Crippen molar-refractivity contribution in [2.75, 3.05) is 18.6 Å². The van der Waals surface area contributed by atoms with E-state index in [9.17, 15) is 14.7 Å². The van der Waals surface area contributed by atoms with Crippen LogP contribution in [0.3, 0.4) is 0 Å². The molecule has 3 aromatic carbocycles. The second-order valence-corrected chi connectivity index (χ2v) is 11.4. The first kappa shape index (κ1) is 28.0. The molecule has 1 saturated heterocycles. The quantitative estimate of drug-likeness (QED) is 0.204. The van der Waals surface area contributed by atoms with Crippen LogP contribution in [-0.4, -0.2) is 30.5 Å². The number of aliphatic hydroxyl groups excluding tert-OH is 1. The normalized spacial score (nSPS) is 17.1. The van der Waals surface area contributed by atoms with E-state index in [-0.39, 0.29) is 16.7 Å². The number of aryl methyl sites for hydroxylation is 1. The molecule has 1 amide bonds. The molecule has 0 bridgehead atoms. The zero-order valence-electron chi connectivity index (χ0n) is 23.7. The number of nitrogens with zero attached hydrogens (tertiary/aromatic N) is 1. The van der Waals surface area contributed by atoms with E-state index in [4.69, 9.17) is 9.47 Å². The average molecular weight is 528 g/mol. The number of aliphatic hydroxyl groups is 1. The molecule has 1 N–H and O–H groups in total. The van der Waals surface area contributed by atoms with Gasteiger partial charge in [-0.3, -0.25) is 14.5 Å².